The molecule has 0 unspecified atom stereocenters. The largest absolute Gasteiger partial charge is 0.496 e. The molecule has 2 N–H and O–H groups in total. The molecule has 0 radical (unpaired) electrons. The number of halogens is 2. The molecular weight excluding hydrogens is 574 g/mol. The third-order valence-corrected chi connectivity index (χ3v) is 6.61. The molecule has 184 valence electrons. The van der Waals surface area contributed by atoms with Gasteiger partial charge in [-0.3, -0.25) is 10.1 Å². The number of ether oxygens (including phenoxy) is 1. The van der Waals surface area contributed by atoms with Gasteiger partial charge in [-0.25, -0.2) is 4.98 Å². The summed E-state index contributed by atoms with van der Waals surface area (Å²) in [6.07, 6.45) is 3.05. The minimum atomic E-state index is -0.376. The first-order valence-corrected chi connectivity index (χ1v) is 12.7. The van der Waals surface area contributed by atoms with Crippen molar-refractivity contribution in [1.29, 1.82) is 0 Å². The zero-order valence-corrected chi connectivity index (χ0v) is 22.6. The normalized spacial score (nSPS) is 11.2. The summed E-state index contributed by atoms with van der Waals surface area (Å²) in [7, 11) is 1.58. The van der Waals surface area contributed by atoms with E-state index in [2.05, 4.69) is 31.5 Å². The fourth-order valence-corrected chi connectivity index (χ4v) is 4.73. The number of hydrogen-bond donors (Lipinski definition) is 2. The molecule has 0 aliphatic rings. The van der Waals surface area contributed by atoms with Gasteiger partial charge in [0.25, 0.3) is 0 Å². The number of hydrogen-bond acceptors (Lipinski definition) is 5. The highest BCUT2D eigenvalue weighted by molar-refractivity contribution is 9.10. The lowest BCUT2D eigenvalue weighted by atomic mass is 10.0. The highest BCUT2D eigenvalue weighted by Gasteiger charge is 2.13. The molecule has 0 bridgehead atoms. The minimum Gasteiger partial charge on any atom is -0.496 e. The van der Waals surface area contributed by atoms with Gasteiger partial charge in [0, 0.05) is 37.8 Å². The predicted molar refractivity (Wildman–Crippen MR) is 156 cm³/mol. The van der Waals surface area contributed by atoms with Crippen molar-refractivity contribution in [1.82, 2.24) is 10.3 Å². The van der Waals surface area contributed by atoms with E-state index in [-0.39, 0.29) is 11.0 Å². The number of carbonyl (C=O) groups is 1. The molecule has 0 saturated carbocycles. The van der Waals surface area contributed by atoms with Gasteiger partial charge in [-0.05, 0) is 72.2 Å². The van der Waals surface area contributed by atoms with Crippen LogP contribution >= 0.6 is 39.7 Å². The van der Waals surface area contributed by atoms with Crippen molar-refractivity contribution < 1.29 is 13.9 Å². The van der Waals surface area contributed by atoms with E-state index in [1.807, 2.05) is 54.6 Å². The second kappa shape index (κ2) is 10.7. The van der Waals surface area contributed by atoms with Gasteiger partial charge < -0.3 is 14.5 Å². The first-order chi connectivity index (χ1) is 17.9. The molecule has 0 aliphatic heterocycles. The van der Waals surface area contributed by atoms with E-state index in [0.29, 0.717) is 33.4 Å². The Bertz CT molecular complexity index is 1700. The van der Waals surface area contributed by atoms with Crippen molar-refractivity contribution in [3.05, 3.63) is 93.9 Å². The Morgan fingerprint density at radius 3 is 2.73 bits per heavy atom. The molecule has 9 heteroatoms. The number of fused-ring (bicyclic) bond motifs is 2. The summed E-state index contributed by atoms with van der Waals surface area (Å²) < 4.78 is 12.2. The van der Waals surface area contributed by atoms with E-state index in [0.717, 1.165) is 26.4 Å². The Hall–Kier alpha value is -3.72. The second-order valence-corrected chi connectivity index (χ2v) is 9.74. The number of amides is 1. The van der Waals surface area contributed by atoms with Crippen LogP contribution in [-0.2, 0) is 4.79 Å². The van der Waals surface area contributed by atoms with Gasteiger partial charge in [0.2, 0.25) is 11.8 Å². The molecule has 0 atom stereocenters. The number of anilines is 1. The van der Waals surface area contributed by atoms with E-state index in [1.165, 1.54) is 6.08 Å². The van der Waals surface area contributed by atoms with Crippen LogP contribution in [0.3, 0.4) is 0 Å². The highest BCUT2D eigenvalue weighted by Crippen LogP contribution is 2.34. The van der Waals surface area contributed by atoms with Gasteiger partial charge in [0.05, 0.1) is 7.11 Å². The third-order valence-electron chi connectivity index (χ3n) is 5.59. The molecule has 6 nitrogen and oxygen atoms in total. The van der Waals surface area contributed by atoms with Gasteiger partial charge in [0.1, 0.15) is 11.3 Å². The minimum absolute atomic E-state index is 0.155. The fourth-order valence-electron chi connectivity index (χ4n) is 3.90. The van der Waals surface area contributed by atoms with Crippen molar-refractivity contribution in [3.8, 4) is 17.2 Å². The van der Waals surface area contributed by atoms with E-state index in [1.54, 1.807) is 31.4 Å². The summed E-state index contributed by atoms with van der Waals surface area (Å²) in [4.78, 5) is 17.1. The van der Waals surface area contributed by atoms with Gasteiger partial charge >= 0.3 is 0 Å². The average molecular weight is 593 g/mol. The Morgan fingerprint density at radius 1 is 1.08 bits per heavy atom. The molecule has 37 heavy (non-hydrogen) atoms. The number of rotatable bonds is 5. The van der Waals surface area contributed by atoms with Crippen molar-refractivity contribution in [2.24, 2.45) is 0 Å². The molecule has 0 fully saturated rings. The van der Waals surface area contributed by atoms with Crippen LogP contribution in [0.2, 0.25) is 5.02 Å². The van der Waals surface area contributed by atoms with Crippen LogP contribution in [0.5, 0.6) is 5.75 Å². The standard InChI is InChI=1S/C28H19BrClN3O3S/c1-35-24-11-9-17(29)14-16(24)8-13-26(34)33-28(37)31-18-10-12-25-23(15-18)32-27(36-25)21-6-2-5-20-19(21)4-3-7-22(20)30/h2-15H,1H3,(H2,31,33,34,37)/b13-8+. The van der Waals surface area contributed by atoms with Gasteiger partial charge in [-0.15, -0.1) is 0 Å². The Kier molecular flexibility index (Phi) is 7.23. The Balaban J connectivity index is 1.30. The Morgan fingerprint density at radius 2 is 1.89 bits per heavy atom. The number of thiocarbonyl (C=S) groups is 1. The van der Waals surface area contributed by atoms with Gasteiger partial charge in [-0.2, -0.15) is 0 Å². The SMILES string of the molecule is COc1ccc(Br)cc1/C=C/C(=O)NC(=S)Nc1ccc2oc(-c3cccc4c(Cl)cccc34)nc2c1. The van der Waals surface area contributed by atoms with E-state index in [9.17, 15) is 4.79 Å². The number of nitrogens with zero attached hydrogens (tertiary/aromatic N) is 1. The van der Waals surface area contributed by atoms with Crippen molar-refractivity contribution in [3.63, 3.8) is 0 Å². The van der Waals surface area contributed by atoms with Crippen LogP contribution in [0.25, 0.3) is 39.4 Å². The lowest BCUT2D eigenvalue weighted by molar-refractivity contribution is -0.115. The topological polar surface area (TPSA) is 76.4 Å². The number of oxazole rings is 1. The third kappa shape index (κ3) is 5.51. The summed E-state index contributed by atoms with van der Waals surface area (Å²) >= 11 is 15.1. The number of nitrogens with one attached hydrogen (secondary N) is 2. The first-order valence-electron chi connectivity index (χ1n) is 11.1. The average Bonchev–Trinajstić information content (AvgIpc) is 3.31. The molecule has 4 aromatic carbocycles. The van der Waals surface area contributed by atoms with Crippen LogP contribution in [0.4, 0.5) is 5.69 Å². The summed E-state index contributed by atoms with van der Waals surface area (Å²) in [6, 6.07) is 22.5. The fraction of sp³-hybridized carbons (Fsp3) is 0.0357. The van der Waals surface area contributed by atoms with E-state index in [4.69, 9.17) is 33.0 Å². The summed E-state index contributed by atoms with van der Waals surface area (Å²) in [6.45, 7) is 0. The van der Waals surface area contributed by atoms with Crippen LogP contribution < -0.4 is 15.4 Å². The van der Waals surface area contributed by atoms with Crippen molar-refractivity contribution >= 4 is 84.4 Å². The maximum absolute atomic E-state index is 12.4. The summed E-state index contributed by atoms with van der Waals surface area (Å²) in [5.41, 5.74) is 3.54. The zero-order chi connectivity index (χ0) is 25.9. The van der Waals surface area contributed by atoms with Gasteiger partial charge in [-0.1, -0.05) is 51.8 Å². The maximum Gasteiger partial charge on any atom is 0.250 e. The molecule has 1 heterocycles. The first kappa shape index (κ1) is 25.0. The van der Waals surface area contributed by atoms with Crippen LogP contribution in [-0.4, -0.2) is 23.1 Å². The lowest BCUT2D eigenvalue weighted by Crippen LogP contribution is -2.32. The molecule has 0 saturated heterocycles. The van der Waals surface area contributed by atoms with Crippen LogP contribution in [0.15, 0.2) is 87.8 Å². The second-order valence-electron chi connectivity index (χ2n) is 8.01. The number of benzene rings is 4. The number of carbonyl (C=O) groups excluding carboxylic acids is 1. The van der Waals surface area contributed by atoms with Crippen molar-refractivity contribution in [2.45, 2.75) is 0 Å². The number of methoxy groups -OCH3 is 1. The quantitative estimate of drug-likeness (QED) is 0.162. The van der Waals surface area contributed by atoms with E-state index >= 15 is 0 Å². The van der Waals surface area contributed by atoms with Crippen LogP contribution in [0, 0.1) is 0 Å². The molecule has 1 amide bonds. The molecule has 5 aromatic rings. The molecule has 5 rings (SSSR count). The smallest absolute Gasteiger partial charge is 0.250 e. The zero-order valence-electron chi connectivity index (χ0n) is 19.4. The van der Waals surface area contributed by atoms with Crippen LogP contribution in [0.1, 0.15) is 5.56 Å². The molecular formula is C28H19BrClN3O3S. The monoisotopic (exact) mass is 591 g/mol. The lowest BCUT2D eigenvalue weighted by Gasteiger charge is -2.08. The molecule has 0 aliphatic carbocycles. The van der Waals surface area contributed by atoms with Crippen molar-refractivity contribution in [2.75, 3.05) is 12.4 Å². The summed E-state index contributed by atoms with van der Waals surface area (Å²) in [5.74, 6) is 0.766. The number of aromatic nitrogens is 1. The Labute approximate surface area is 231 Å². The highest BCUT2D eigenvalue weighted by atomic mass is 79.9. The molecule has 0 spiro atoms. The predicted octanol–water partition coefficient (Wildman–Crippen LogP) is 7.60. The van der Waals surface area contributed by atoms with E-state index < -0.39 is 0 Å². The maximum atomic E-state index is 12.4. The van der Waals surface area contributed by atoms with Gasteiger partial charge in [0.15, 0.2) is 10.7 Å². The summed E-state index contributed by atoms with van der Waals surface area (Å²) in [5, 5.41) is 8.37. The molecule has 1 aromatic heterocycles.